The maximum absolute atomic E-state index is 13.4. The Bertz CT molecular complexity index is 1260. The number of nitrogens with zero attached hydrogens (tertiary/aromatic N) is 1. The molecule has 0 radical (unpaired) electrons. The van der Waals surface area contributed by atoms with E-state index in [1.165, 1.54) is 0 Å². The molecule has 3 atom stereocenters. The second kappa shape index (κ2) is 11.8. The molecule has 0 heterocycles. The largest absolute Gasteiger partial charge is 0.274 e. The third-order valence-electron chi connectivity index (χ3n) is 5.84. The van der Waals surface area contributed by atoms with Crippen LogP contribution in [0.2, 0.25) is 5.02 Å². The number of rotatable bonds is 8. The summed E-state index contributed by atoms with van der Waals surface area (Å²) in [6.07, 6.45) is 0. The lowest BCUT2D eigenvalue weighted by molar-refractivity contribution is 0.523. The van der Waals surface area contributed by atoms with Crippen LogP contribution in [0.5, 0.6) is 0 Å². The SMILES string of the molecule is CC(C)(C)[S@@](=O)N[C@H](c1ccccc1)[C@@H](N=C(c1ccccc1)c1ccccc1)c1ccc(Cl)cc1. The molecule has 0 fully saturated rings. The molecule has 0 aliphatic carbocycles. The summed E-state index contributed by atoms with van der Waals surface area (Å²) in [5, 5.41) is 0.662. The number of nitrogens with one attached hydrogen (secondary N) is 1. The normalized spacial score (nSPS) is 14.0. The quantitative estimate of drug-likeness (QED) is 0.240. The van der Waals surface area contributed by atoms with E-state index in [0.717, 1.165) is 28.0 Å². The smallest absolute Gasteiger partial charge is 0.0976 e. The molecule has 0 bridgehead atoms. The minimum atomic E-state index is -1.32. The molecule has 0 aromatic heterocycles. The minimum absolute atomic E-state index is 0.338. The van der Waals surface area contributed by atoms with Crippen LogP contribution in [-0.4, -0.2) is 14.7 Å². The summed E-state index contributed by atoms with van der Waals surface area (Å²) in [6, 6.07) is 37.5. The van der Waals surface area contributed by atoms with Crippen molar-refractivity contribution in [3.05, 3.63) is 143 Å². The molecule has 0 aliphatic heterocycles. The van der Waals surface area contributed by atoms with Gasteiger partial charge in [-0.15, -0.1) is 0 Å². The van der Waals surface area contributed by atoms with Gasteiger partial charge in [-0.1, -0.05) is 115 Å². The van der Waals surface area contributed by atoms with Crippen LogP contribution in [-0.2, 0) is 11.0 Å². The molecule has 3 nitrogen and oxygen atoms in total. The third kappa shape index (κ3) is 6.58. The van der Waals surface area contributed by atoms with E-state index in [1.54, 1.807) is 0 Å². The molecular weight excluding hydrogens is 484 g/mol. The molecule has 36 heavy (non-hydrogen) atoms. The Balaban J connectivity index is 1.94. The highest BCUT2D eigenvalue weighted by Gasteiger charge is 2.30. The Morgan fingerprint density at radius 1 is 0.722 bits per heavy atom. The van der Waals surface area contributed by atoms with Crippen LogP contribution in [0, 0.1) is 0 Å². The summed E-state index contributed by atoms with van der Waals surface area (Å²) >= 11 is 6.25. The molecule has 0 aliphatic rings. The van der Waals surface area contributed by atoms with Gasteiger partial charge in [0, 0.05) is 16.1 Å². The van der Waals surface area contributed by atoms with Crippen molar-refractivity contribution in [1.82, 2.24) is 4.72 Å². The van der Waals surface area contributed by atoms with Crippen LogP contribution in [0.3, 0.4) is 0 Å². The molecule has 0 unspecified atom stereocenters. The van der Waals surface area contributed by atoms with Crippen molar-refractivity contribution in [3.63, 3.8) is 0 Å². The van der Waals surface area contributed by atoms with Gasteiger partial charge >= 0.3 is 0 Å². The highest BCUT2D eigenvalue weighted by atomic mass is 35.5. The maximum atomic E-state index is 13.4. The summed E-state index contributed by atoms with van der Waals surface area (Å²) in [6.45, 7) is 5.91. The van der Waals surface area contributed by atoms with Crippen molar-refractivity contribution in [2.75, 3.05) is 0 Å². The first-order valence-electron chi connectivity index (χ1n) is 12.0. The van der Waals surface area contributed by atoms with Gasteiger partial charge in [0.25, 0.3) is 0 Å². The van der Waals surface area contributed by atoms with E-state index < -0.39 is 15.7 Å². The summed E-state index contributed by atoms with van der Waals surface area (Å²) in [5.41, 5.74) is 4.91. The fraction of sp³-hybridized carbons (Fsp3) is 0.194. The lowest BCUT2D eigenvalue weighted by atomic mass is 9.93. The third-order valence-corrected chi connectivity index (χ3v) is 7.67. The van der Waals surface area contributed by atoms with E-state index in [2.05, 4.69) is 41.1 Å². The summed E-state index contributed by atoms with van der Waals surface area (Å²) in [5.74, 6) is 0. The van der Waals surface area contributed by atoms with E-state index in [9.17, 15) is 4.21 Å². The average Bonchev–Trinajstić information content (AvgIpc) is 2.90. The van der Waals surface area contributed by atoms with Crippen LogP contribution >= 0.6 is 11.6 Å². The van der Waals surface area contributed by atoms with Gasteiger partial charge in [-0.3, -0.25) is 4.99 Å². The number of benzene rings is 4. The van der Waals surface area contributed by atoms with E-state index in [4.69, 9.17) is 16.6 Å². The number of hydrogen-bond acceptors (Lipinski definition) is 2. The van der Waals surface area contributed by atoms with Gasteiger partial charge in [0.15, 0.2) is 0 Å². The number of aliphatic imine (C=N–C) groups is 1. The molecule has 5 heteroatoms. The van der Waals surface area contributed by atoms with Gasteiger partial charge in [0.05, 0.1) is 33.5 Å². The molecule has 0 saturated heterocycles. The number of halogens is 1. The zero-order valence-electron chi connectivity index (χ0n) is 20.8. The van der Waals surface area contributed by atoms with Crippen LogP contribution in [0.25, 0.3) is 0 Å². The monoisotopic (exact) mass is 514 g/mol. The highest BCUT2D eigenvalue weighted by Crippen LogP contribution is 2.35. The summed E-state index contributed by atoms with van der Waals surface area (Å²) in [7, 11) is -1.32. The molecule has 184 valence electrons. The molecule has 4 aromatic rings. The number of hydrogen-bond donors (Lipinski definition) is 1. The Hall–Kier alpha value is -3.05. The second-order valence-electron chi connectivity index (χ2n) is 9.59. The topological polar surface area (TPSA) is 41.5 Å². The van der Waals surface area contributed by atoms with Crippen molar-refractivity contribution in [2.24, 2.45) is 4.99 Å². The first-order chi connectivity index (χ1) is 17.3. The van der Waals surface area contributed by atoms with Crippen LogP contribution in [0.15, 0.2) is 120 Å². The molecule has 0 amide bonds. The van der Waals surface area contributed by atoms with Crippen molar-refractivity contribution in [3.8, 4) is 0 Å². The summed E-state index contributed by atoms with van der Waals surface area (Å²) in [4.78, 5) is 5.40. The molecule has 0 spiro atoms. The van der Waals surface area contributed by atoms with Gasteiger partial charge in [-0.2, -0.15) is 0 Å². The van der Waals surface area contributed by atoms with Gasteiger partial charge < -0.3 is 0 Å². The lowest BCUT2D eigenvalue weighted by Gasteiger charge is -2.30. The van der Waals surface area contributed by atoms with Gasteiger partial charge in [0.1, 0.15) is 0 Å². The molecule has 1 N–H and O–H groups in total. The van der Waals surface area contributed by atoms with E-state index in [-0.39, 0.29) is 12.1 Å². The Morgan fingerprint density at radius 3 is 1.67 bits per heavy atom. The predicted molar refractivity (Wildman–Crippen MR) is 153 cm³/mol. The molecular formula is C31H31ClN2OS. The molecule has 0 saturated carbocycles. The summed E-state index contributed by atoms with van der Waals surface area (Å²) < 4.78 is 16.4. The first kappa shape index (κ1) is 26.0. The molecule has 4 rings (SSSR count). The Labute approximate surface area is 221 Å². The van der Waals surface area contributed by atoms with Gasteiger partial charge in [0.2, 0.25) is 0 Å². The Kier molecular flexibility index (Phi) is 8.52. The zero-order chi connectivity index (χ0) is 25.5. The standard InChI is InChI=1S/C31H31ClN2OS/c1-31(2,3)36(35)34-30(25-17-11-6-12-18-25)29(26-19-21-27(32)22-20-26)33-28(23-13-7-4-8-14-23)24-15-9-5-10-16-24/h4-22,29-30,34H,1-3H3/t29-,30+,36+/m0/s1. The minimum Gasteiger partial charge on any atom is -0.274 e. The molecule has 4 aromatic carbocycles. The van der Waals surface area contributed by atoms with Crippen LogP contribution in [0.4, 0.5) is 0 Å². The van der Waals surface area contributed by atoms with Crippen molar-refractivity contribution >= 4 is 28.3 Å². The van der Waals surface area contributed by atoms with Gasteiger partial charge in [-0.05, 0) is 44.0 Å². The predicted octanol–water partition coefficient (Wildman–Crippen LogP) is 7.71. The lowest BCUT2D eigenvalue weighted by Crippen LogP contribution is -2.38. The Morgan fingerprint density at radius 2 is 1.19 bits per heavy atom. The van der Waals surface area contributed by atoms with Gasteiger partial charge in [-0.25, -0.2) is 8.93 Å². The van der Waals surface area contributed by atoms with E-state index in [0.29, 0.717) is 5.02 Å². The fourth-order valence-electron chi connectivity index (χ4n) is 3.92. The first-order valence-corrected chi connectivity index (χ1v) is 13.5. The maximum Gasteiger partial charge on any atom is 0.0976 e. The second-order valence-corrected chi connectivity index (χ2v) is 12.0. The van der Waals surface area contributed by atoms with Crippen LogP contribution < -0.4 is 4.72 Å². The fourth-order valence-corrected chi connectivity index (χ4v) is 4.89. The van der Waals surface area contributed by atoms with Crippen LogP contribution in [0.1, 0.15) is 55.1 Å². The van der Waals surface area contributed by atoms with Crippen molar-refractivity contribution < 1.29 is 4.21 Å². The van der Waals surface area contributed by atoms with E-state index >= 15 is 0 Å². The van der Waals surface area contributed by atoms with Crippen molar-refractivity contribution in [2.45, 2.75) is 37.6 Å². The van der Waals surface area contributed by atoms with E-state index in [1.807, 2.05) is 99.6 Å². The highest BCUT2D eigenvalue weighted by molar-refractivity contribution is 7.84. The average molecular weight is 515 g/mol. The van der Waals surface area contributed by atoms with Crippen molar-refractivity contribution in [1.29, 1.82) is 0 Å². The zero-order valence-corrected chi connectivity index (χ0v) is 22.3.